The number of halogens is 9. The fraction of sp³-hybridized carbons (Fsp3) is 1.00. The van der Waals surface area contributed by atoms with Crippen molar-refractivity contribution in [1.29, 1.82) is 0 Å². The van der Waals surface area contributed by atoms with Crippen LogP contribution in [0.15, 0.2) is 0 Å². The summed E-state index contributed by atoms with van der Waals surface area (Å²) in [5.74, 6) is -14.7. The first-order chi connectivity index (χ1) is 7.00. The van der Waals surface area contributed by atoms with Crippen molar-refractivity contribution in [2.45, 2.75) is 23.3 Å². The van der Waals surface area contributed by atoms with Crippen LogP contribution in [-0.4, -0.2) is 56.0 Å². The first-order valence-electron chi connectivity index (χ1n) is 3.17. The fourth-order valence-corrected chi connectivity index (χ4v) is 0.975. The maximum absolute atomic E-state index is 12.2. The summed E-state index contributed by atoms with van der Waals surface area (Å²) in [5, 5.41) is -7.00. The number of hydrogen-bond acceptors (Lipinski definition) is 2. The van der Waals surface area contributed by atoms with Gasteiger partial charge in [0.05, 0.1) is 0 Å². The van der Waals surface area contributed by atoms with E-state index in [1.165, 1.54) is 0 Å². The van der Waals surface area contributed by atoms with Gasteiger partial charge in [0.25, 0.3) is 0 Å². The molecule has 18 heavy (non-hydrogen) atoms. The molecule has 0 unspecified atom stereocenters. The SMILES string of the molecule is O=S(=O)(O)C(F)(F)C(F)(F)C(F)(F)C(F)(F)F.[GaH3]. The molecule has 0 atom stereocenters. The first kappa shape index (κ1) is 20.2. The third-order valence-electron chi connectivity index (χ3n) is 1.44. The molecule has 110 valence electrons. The van der Waals surface area contributed by atoms with Gasteiger partial charge in [-0.3, -0.25) is 4.55 Å². The Morgan fingerprint density at radius 1 is 0.722 bits per heavy atom. The Morgan fingerprint density at radius 2 is 1.00 bits per heavy atom. The Bertz CT molecular complexity index is 399. The Morgan fingerprint density at radius 3 is 1.17 bits per heavy atom. The summed E-state index contributed by atoms with van der Waals surface area (Å²) in [6.45, 7) is 0. The quantitative estimate of drug-likeness (QED) is 0.459. The van der Waals surface area contributed by atoms with Crippen LogP contribution in [0.4, 0.5) is 39.5 Å². The van der Waals surface area contributed by atoms with E-state index >= 15 is 0 Å². The van der Waals surface area contributed by atoms with Crippen molar-refractivity contribution < 1.29 is 52.5 Å². The summed E-state index contributed by atoms with van der Waals surface area (Å²) in [7, 11) is -7.17. The van der Waals surface area contributed by atoms with E-state index in [-0.39, 0.29) is 19.8 Å². The van der Waals surface area contributed by atoms with Gasteiger partial charge in [0.2, 0.25) is 0 Å². The molecule has 3 nitrogen and oxygen atoms in total. The summed E-state index contributed by atoms with van der Waals surface area (Å²) in [6.07, 6.45) is -7.13. The standard InChI is InChI=1S/C4HF9O3S.Ga.3H/c5-1(6,3(9,10)11)2(7,8)4(12,13)17(14,15)16;;;;/h(H,14,15,16);;;;. The Hall–Kier alpha value is -0.0836. The molecule has 0 aliphatic heterocycles. The molecule has 0 saturated carbocycles. The predicted molar refractivity (Wildman–Crippen MR) is 42.4 cm³/mol. The van der Waals surface area contributed by atoms with Crippen LogP contribution in [-0.2, 0) is 10.1 Å². The topological polar surface area (TPSA) is 54.4 Å². The van der Waals surface area contributed by atoms with Crippen LogP contribution < -0.4 is 0 Å². The minimum atomic E-state index is -7.37. The van der Waals surface area contributed by atoms with Crippen molar-refractivity contribution in [2.24, 2.45) is 0 Å². The second kappa shape index (κ2) is 4.79. The molecule has 0 spiro atoms. The second-order valence-corrected chi connectivity index (χ2v) is 4.10. The van der Waals surface area contributed by atoms with Crippen LogP contribution in [0, 0.1) is 0 Å². The molecular formula is C4H4F9GaO3S. The molecule has 1 N–H and O–H groups in total. The fourth-order valence-electron chi connectivity index (χ4n) is 0.523. The van der Waals surface area contributed by atoms with Gasteiger partial charge in [0.1, 0.15) is 0 Å². The van der Waals surface area contributed by atoms with Gasteiger partial charge in [0.15, 0.2) is 0 Å². The van der Waals surface area contributed by atoms with E-state index in [9.17, 15) is 47.9 Å². The third-order valence-corrected chi connectivity index (χ3v) is 2.34. The second-order valence-electron chi connectivity index (χ2n) is 2.64. The zero-order valence-electron chi connectivity index (χ0n) is 7.07. The average Bonchev–Trinajstić information content (AvgIpc) is 1.98. The van der Waals surface area contributed by atoms with Gasteiger partial charge in [-0.2, -0.15) is 47.9 Å². The Labute approximate surface area is 106 Å². The van der Waals surface area contributed by atoms with Gasteiger partial charge in [-0.15, -0.1) is 0 Å². The summed E-state index contributed by atoms with van der Waals surface area (Å²) in [5.41, 5.74) is 0. The van der Waals surface area contributed by atoms with Gasteiger partial charge < -0.3 is 0 Å². The van der Waals surface area contributed by atoms with Gasteiger partial charge in [-0.25, -0.2) is 0 Å². The molecule has 0 amide bonds. The van der Waals surface area contributed by atoms with Crippen molar-refractivity contribution in [3.05, 3.63) is 0 Å². The van der Waals surface area contributed by atoms with Crippen LogP contribution in [0.2, 0.25) is 0 Å². The molecule has 0 aromatic rings. The molecule has 0 aliphatic carbocycles. The molecule has 14 heteroatoms. The molecule has 0 heterocycles. The van der Waals surface area contributed by atoms with Crippen molar-refractivity contribution in [1.82, 2.24) is 0 Å². The molecule has 0 aliphatic rings. The molecule has 0 bridgehead atoms. The first-order valence-corrected chi connectivity index (χ1v) is 4.61. The van der Waals surface area contributed by atoms with E-state index in [0.29, 0.717) is 0 Å². The minimum absolute atomic E-state index is 0. The van der Waals surface area contributed by atoms with E-state index in [4.69, 9.17) is 4.55 Å². The Kier molecular flexibility index (Phi) is 5.38. The average molecular weight is 373 g/mol. The van der Waals surface area contributed by atoms with E-state index in [0.717, 1.165) is 0 Å². The summed E-state index contributed by atoms with van der Waals surface area (Å²) in [4.78, 5) is 0. The van der Waals surface area contributed by atoms with Crippen molar-refractivity contribution in [3.8, 4) is 0 Å². The molecule has 0 aromatic heterocycles. The number of rotatable bonds is 3. The van der Waals surface area contributed by atoms with Crippen LogP contribution in [0.25, 0.3) is 0 Å². The van der Waals surface area contributed by atoms with E-state index < -0.39 is 33.4 Å². The molecule has 0 aromatic carbocycles. The van der Waals surface area contributed by atoms with Gasteiger partial charge in [0, 0.05) is 0 Å². The summed E-state index contributed by atoms with van der Waals surface area (Å²) < 4.78 is 134. The molecule has 0 rings (SSSR count). The van der Waals surface area contributed by atoms with Crippen LogP contribution in [0.1, 0.15) is 0 Å². The van der Waals surface area contributed by atoms with Gasteiger partial charge >= 0.3 is 53.2 Å². The van der Waals surface area contributed by atoms with Crippen LogP contribution in [0.3, 0.4) is 0 Å². The van der Waals surface area contributed by atoms with Crippen molar-refractivity contribution in [2.75, 3.05) is 0 Å². The van der Waals surface area contributed by atoms with E-state index in [1.807, 2.05) is 0 Å². The van der Waals surface area contributed by atoms with Gasteiger partial charge in [-0.05, 0) is 0 Å². The Balaban J connectivity index is 0. The number of alkyl halides is 9. The van der Waals surface area contributed by atoms with Crippen molar-refractivity contribution >= 4 is 29.9 Å². The summed E-state index contributed by atoms with van der Waals surface area (Å²) in [6, 6.07) is 0. The maximum atomic E-state index is 12.2. The zero-order chi connectivity index (χ0) is 14.5. The monoisotopic (exact) mass is 372 g/mol. The van der Waals surface area contributed by atoms with Gasteiger partial charge in [-0.1, -0.05) is 0 Å². The zero-order valence-corrected chi connectivity index (χ0v) is 7.89. The van der Waals surface area contributed by atoms with Crippen LogP contribution >= 0.6 is 0 Å². The van der Waals surface area contributed by atoms with Crippen LogP contribution in [0.5, 0.6) is 0 Å². The summed E-state index contributed by atoms with van der Waals surface area (Å²) >= 11 is 0. The molecule has 0 radical (unpaired) electrons. The molecular weight excluding hydrogens is 369 g/mol. The van der Waals surface area contributed by atoms with E-state index in [2.05, 4.69) is 0 Å². The number of hydrogen-bond donors (Lipinski definition) is 1. The van der Waals surface area contributed by atoms with Crippen molar-refractivity contribution in [3.63, 3.8) is 0 Å². The molecule has 0 fully saturated rings. The van der Waals surface area contributed by atoms with E-state index in [1.54, 1.807) is 0 Å². The molecule has 0 saturated heterocycles. The third kappa shape index (κ3) is 2.75. The predicted octanol–water partition coefficient (Wildman–Crippen LogP) is 1.12. The normalized spacial score (nSPS) is 15.2.